The topological polar surface area (TPSA) is 68.0 Å². The molecule has 0 unspecified atom stereocenters. The highest BCUT2D eigenvalue weighted by molar-refractivity contribution is 6.04. The van der Waals surface area contributed by atoms with Crippen LogP contribution >= 0.6 is 0 Å². The van der Waals surface area contributed by atoms with Crippen molar-refractivity contribution >= 4 is 22.7 Å². The van der Waals surface area contributed by atoms with Crippen LogP contribution < -0.4 is 5.32 Å². The van der Waals surface area contributed by atoms with E-state index in [-0.39, 0.29) is 5.91 Å². The fraction of sp³-hybridized carbons (Fsp3) is 0.136. The van der Waals surface area contributed by atoms with Crippen LogP contribution in [0.1, 0.15) is 35.7 Å². The molecule has 0 atom stereocenters. The van der Waals surface area contributed by atoms with Crippen LogP contribution in [0.5, 0.6) is 0 Å². The molecule has 134 valence electrons. The van der Waals surface area contributed by atoms with Gasteiger partial charge in [0.1, 0.15) is 5.52 Å². The molecule has 27 heavy (non-hydrogen) atoms. The number of aromatic nitrogens is 2. The smallest absolute Gasteiger partial charge is 0.257 e. The molecule has 4 rings (SSSR count). The quantitative estimate of drug-likeness (QED) is 0.540. The van der Waals surface area contributed by atoms with E-state index in [2.05, 4.69) is 41.3 Å². The Labute approximate surface area is 157 Å². The van der Waals surface area contributed by atoms with Gasteiger partial charge in [-0.15, -0.1) is 0 Å². The summed E-state index contributed by atoms with van der Waals surface area (Å²) in [5.74, 6) is 0.753. The molecule has 5 nitrogen and oxygen atoms in total. The Morgan fingerprint density at radius 1 is 1.07 bits per heavy atom. The monoisotopic (exact) mass is 357 g/mol. The molecule has 0 radical (unpaired) electrons. The third kappa shape index (κ3) is 3.58. The van der Waals surface area contributed by atoms with Gasteiger partial charge in [-0.1, -0.05) is 26.0 Å². The Kier molecular flexibility index (Phi) is 4.42. The third-order valence-electron chi connectivity index (χ3n) is 4.37. The normalized spacial score (nSPS) is 11.1. The second-order valence-corrected chi connectivity index (χ2v) is 6.68. The van der Waals surface area contributed by atoms with Gasteiger partial charge in [0, 0.05) is 23.6 Å². The number of anilines is 1. The molecule has 0 aliphatic carbocycles. The lowest BCUT2D eigenvalue weighted by molar-refractivity contribution is 0.102. The molecule has 0 saturated heterocycles. The van der Waals surface area contributed by atoms with E-state index in [0.29, 0.717) is 23.1 Å². The number of carbonyl (C=O) groups excluding carboxylic acids is 1. The van der Waals surface area contributed by atoms with E-state index < -0.39 is 0 Å². The molecule has 0 bridgehead atoms. The van der Waals surface area contributed by atoms with Crippen molar-refractivity contribution in [3.8, 4) is 11.5 Å². The molecule has 2 heterocycles. The zero-order valence-electron chi connectivity index (χ0n) is 15.1. The van der Waals surface area contributed by atoms with Crippen LogP contribution in [0.2, 0.25) is 0 Å². The predicted molar refractivity (Wildman–Crippen MR) is 106 cm³/mol. The molecule has 0 saturated carbocycles. The summed E-state index contributed by atoms with van der Waals surface area (Å²) in [5.41, 5.74) is 4.79. The minimum absolute atomic E-state index is 0.209. The summed E-state index contributed by atoms with van der Waals surface area (Å²) in [6.07, 6.45) is 3.17. The first kappa shape index (κ1) is 17.0. The van der Waals surface area contributed by atoms with Crippen LogP contribution in [0.4, 0.5) is 5.69 Å². The Hall–Kier alpha value is -3.47. The van der Waals surface area contributed by atoms with E-state index in [1.807, 2.05) is 30.3 Å². The Morgan fingerprint density at radius 3 is 2.74 bits per heavy atom. The fourth-order valence-corrected chi connectivity index (χ4v) is 2.86. The average Bonchev–Trinajstić information content (AvgIpc) is 3.12. The van der Waals surface area contributed by atoms with Crippen LogP contribution in [-0.4, -0.2) is 15.9 Å². The van der Waals surface area contributed by atoms with Gasteiger partial charge in [0.25, 0.3) is 5.91 Å². The zero-order valence-corrected chi connectivity index (χ0v) is 15.1. The molecule has 0 aliphatic rings. The van der Waals surface area contributed by atoms with Crippen molar-refractivity contribution in [1.82, 2.24) is 9.97 Å². The minimum atomic E-state index is -0.209. The van der Waals surface area contributed by atoms with Crippen molar-refractivity contribution in [2.75, 3.05) is 5.32 Å². The number of carbonyl (C=O) groups is 1. The maximum atomic E-state index is 12.3. The molecule has 0 fully saturated rings. The van der Waals surface area contributed by atoms with Crippen molar-refractivity contribution in [3.05, 3.63) is 78.1 Å². The molecule has 1 N–H and O–H groups in total. The highest BCUT2D eigenvalue weighted by Gasteiger charge is 2.12. The SMILES string of the molecule is CC(C)c1ccc2oc(-c3cccc(NC(=O)c4cccnc4)c3)nc2c1. The number of benzene rings is 2. The van der Waals surface area contributed by atoms with Gasteiger partial charge >= 0.3 is 0 Å². The molecular weight excluding hydrogens is 338 g/mol. The molecule has 2 aromatic heterocycles. The van der Waals surface area contributed by atoms with Gasteiger partial charge in [-0.25, -0.2) is 4.98 Å². The predicted octanol–water partition coefficient (Wildman–Crippen LogP) is 5.27. The molecule has 4 aromatic rings. The average molecular weight is 357 g/mol. The maximum Gasteiger partial charge on any atom is 0.257 e. The number of amides is 1. The van der Waals surface area contributed by atoms with E-state index in [4.69, 9.17) is 4.42 Å². The maximum absolute atomic E-state index is 12.3. The van der Waals surface area contributed by atoms with Crippen LogP contribution in [0.15, 0.2) is 71.4 Å². The van der Waals surface area contributed by atoms with Gasteiger partial charge in [0.15, 0.2) is 5.58 Å². The van der Waals surface area contributed by atoms with E-state index in [0.717, 1.165) is 16.7 Å². The van der Waals surface area contributed by atoms with Crippen LogP contribution in [0.25, 0.3) is 22.6 Å². The molecule has 0 spiro atoms. The number of fused-ring (bicyclic) bond motifs is 1. The standard InChI is InChI=1S/C22H19N3O2/c1-14(2)15-8-9-20-19(12-15)25-22(27-20)16-5-3-7-18(11-16)24-21(26)17-6-4-10-23-13-17/h3-14H,1-2H3,(H,24,26). The number of oxazole rings is 1. The lowest BCUT2D eigenvalue weighted by Gasteiger charge is -2.06. The third-order valence-corrected chi connectivity index (χ3v) is 4.37. The summed E-state index contributed by atoms with van der Waals surface area (Å²) >= 11 is 0. The van der Waals surface area contributed by atoms with Gasteiger partial charge in [-0.05, 0) is 53.9 Å². The zero-order chi connectivity index (χ0) is 18.8. The summed E-state index contributed by atoms with van der Waals surface area (Å²) in [4.78, 5) is 20.9. The number of pyridine rings is 1. The Bertz CT molecular complexity index is 1100. The first-order valence-electron chi connectivity index (χ1n) is 8.82. The number of nitrogens with zero attached hydrogens (tertiary/aromatic N) is 2. The molecule has 0 aliphatic heterocycles. The van der Waals surface area contributed by atoms with Crippen LogP contribution in [-0.2, 0) is 0 Å². The van der Waals surface area contributed by atoms with Crippen LogP contribution in [0.3, 0.4) is 0 Å². The fourth-order valence-electron chi connectivity index (χ4n) is 2.86. The molecular formula is C22H19N3O2. The van der Waals surface area contributed by atoms with Crippen LogP contribution in [0, 0.1) is 0 Å². The van der Waals surface area contributed by atoms with Crippen molar-refractivity contribution in [1.29, 1.82) is 0 Å². The van der Waals surface area contributed by atoms with Gasteiger partial charge in [0.05, 0.1) is 5.56 Å². The van der Waals surface area contributed by atoms with Gasteiger partial charge in [-0.2, -0.15) is 0 Å². The second kappa shape index (κ2) is 7.03. The number of hydrogen-bond acceptors (Lipinski definition) is 4. The second-order valence-electron chi connectivity index (χ2n) is 6.68. The van der Waals surface area contributed by atoms with Crippen molar-refractivity contribution in [3.63, 3.8) is 0 Å². The first-order chi connectivity index (χ1) is 13.1. The number of nitrogens with one attached hydrogen (secondary N) is 1. The van der Waals surface area contributed by atoms with Gasteiger partial charge in [0.2, 0.25) is 5.89 Å². The molecule has 2 aromatic carbocycles. The molecule has 1 amide bonds. The minimum Gasteiger partial charge on any atom is -0.436 e. The lowest BCUT2D eigenvalue weighted by Crippen LogP contribution is -2.11. The highest BCUT2D eigenvalue weighted by Crippen LogP contribution is 2.28. The van der Waals surface area contributed by atoms with E-state index in [1.54, 1.807) is 18.3 Å². The van der Waals surface area contributed by atoms with E-state index in [1.165, 1.54) is 11.8 Å². The molecule has 5 heteroatoms. The van der Waals surface area contributed by atoms with Gasteiger partial charge in [-0.3, -0.25) is 9.78 Å². The number of hydrogen-bond donors (Lipinski definition) is 1. The summed E-state index contributed by atoms with van der Waals surface area (Å²) in [7, 11) is 0. The van der Waals surface area contributed by atoms with Gasteiger partial charge < -0.3 is 9.73 Å². The summed E-state index contributed by atoms with van der Waals surface area (Å²) in [5, 5.41) is 2.88. The van der Waals surface area contributed by atoms with Crippen molar-refractivity contribution < 1.29 is 9.21 Å². The summed E-state index contributed by atoms with van der Waals surface area (Å²) < 4.78 is 5.90. The summed E-state index contributed by atoms with van der Waals surface area (Å²) in [6, 6.07) is 17.0. The highest BCUT2D eigenvalue weighted by atomic mass is 16.3. The van der Waals surface area contributed by atoms with Crippen molar-refractivity contribution in [2.24, 2.45) is 0 Å². The van der Waals surface area contributed by atoms with E-state index in [9.17, 15) is 4.79 Å². The van der Waals surface area contributed by atoms with Crippen molar-refractivity contribution in [2.45, 2.75) is 19.8 Å². The lowest BCUT2D eigenvalue weighted by atomic mass is 10.0. The number of rotatable bonds is 4. The Balaban J connectivity index is 1.62. The first-order valence-corrected chi connectivity index (χ1v) is 8.82. The Morgan fingerprint density at radius 2 is 1.96 bits per heavy atom. The largest absolute Gasteiger partial charge is 0.436 e. The van der Waals surface area contributed by atoms with E-state index >= 15 is 0 Å². The summed E-state index contributed by atoms with van der Waals surface area (Å²) in [6.45, 7) is 4.30.